The molecule has 0 heterocycles. The van der Waals surface area contributed by atoms with Gasteiger partial charge in [-0.3, -0.25) is 0 Å². The summed E-state index contributed by atoms with van der Waals surface area (Å²) >= 11 is 3.39. The number of nitrogens with one attached hydrogen (secondary N) is 1. The van der Waals surface area contributed by atoms with Crippen molar-refractivity contribution in [1.82, 2.24) is 5.32 Å². The third-order valence-corrected chi connectivity index (χ3v) is 3.11. The highest BCUT2D eigenvalue weighted by molar-refractivity contribution is 9.10. The van der Waals surface area contributed by atoms with E-state index < -0.39 is 12.6 Å². The van der Waals surface area contributed by atoms with Crippen LogP contribution >= 0.6 is 15.9 Å². The van der Waals surface area contributed by atoms with Gasteiger partial charge >= 0.3 is 6.18 Å². The van der Waals surface area contributed by atoms with Gasteiger partial charge in [-0.25, -0.2) is 0 Å². The first-order valence-electron chi connectivity index (χ1n) is 6.41. The molecule has 0 saturated heterocycles. The van der Waals surface area contributed by atoms with Gasteiger partial charge in [0.15, 0.2) is 0 Å². The molecule has 0 aliphatic carbocycles. The molecule has 6 heteroatoms. The Balaban J connectivity index is 2.81. The predicted molar refractivity (Wildman–Crippen MR) is 77.0 cm³/mol. The molecule has 0 fully saturated rings. The quantitative estimate of drug-likeness (QED) is 0.807. The van der Waals surface area contributed by atoms with Gasteiger partial charge in [0.05, 0.1) is 13.0 Å². The van der Waals surface area contributed by atoms with Gasteiger partial charge in [0, 0.05) is 22.6 Å². The lowest BCUT2D eigenvalue weighted by atomic mass is 10.1. The molecule has 2 nitrogen and oxygen atoms in total. The summed E-state index contributed by atoms with van der Waals surface area (Å²) in [6.45, 7) is 6.04. The molecule has 1 rings (SSSR count). The maximum atomic E-state index is 12.2. The minimum atomic E-state index is -4.19. The molecule has 0 aliphatic rings. The van der Waals surface area contributed by atoms with Crippen molar-refractivity contribution in [2.45, 2.75) is 46.0 Å². The van der Waals surface area contributed by atoms with Crippen LogP contribution in [0.5, 0.6) is 5.75 Å². The molecule has 114 valence electrons. The normalized spacial score (nSPS) is 12.0. The number of ether oxygens (including phenoxy) is 1. The summed E-state index contributed by atoms with van der Waals surface area (Å²) in [5.41, 5.74) is 1.68. The van der Waals surface area contributed by atoms with Crippen molar-refractivity contribution in [2.75, 3.05) is 6.61 Å². The Morgan fingerprint density at radius 1 is 1.30 bits per heavy atom. The minimum absolute atomic E-state index is 0.289. The second kappa shape index (κ2) is 7.31. The zero-order valence-corrected chi connectivity index (χ0v) is 13.4. The Hall–Kier alpha value is -0.750. The van der Waals surface area contributed by atoms with E-state index in [4.69, 9.17) is 4.74 Å². The van der Waals surface area contributed by atoms with Gasteiger partial charge in [-0.2, -0.15) is 13.2 Å². The fourth-order valence-electron chi connectivity index (χ4n) is 1.72. The third kappa shape index (κ3) is 6.13. The molecule has 0 unspecified atom stereocenters. The average Bonchev–Trinajstić information content (AvgIpc) is 2.27. The molecule has 0 amide bonds. The van der Waals surface area contributed by atoms with Crippen LogP contribution in [0.25, 0.3) is 0 Å². The standard InChI is InChI=1S/C14H19BrF3NO/c1-9(2)19-8-11-7-12(15)6-10(3)13(11)20-5-4-14(16,17)18/h6-7,9,19H,4-5,8H2,1-3H3. The number of aryl methyl sites for hydroxylation is 1. The second-order valence-corrected chi connectivity index (χ2v) is 5.88. The van der Waals surface area contributed by atoms with E-state index >= 15 is 0 Å². The Kier molecular flexibility index (Phi) is 6.33. The van der Waals surface area contributed by atoms with Crippen LogP contribution < -0.4 is 10.1 Å². The Bertz CT molecular complexity index is 447. The van der Waals surface area contributed by atoms with E-state index in [0.29, 0.717) is 12.3 Å². The average molecular weight is 354 g/mol. The van der Waals surface area contributed by atoms with Gasteiger partial charge in [0.1, 0.15) is 5.75 Å². The second-order valence-electron chi connectivity index (χ2n) is 4.96. The topological polar surface area (TPSA) is 21.3 Å². The van der Waals surface area contributed by atoms with E-state index in [1.807, 2.05) is 32.9 Å². The largest absolute Gasteiger partial charge is 0.493 e. The van der Waals surface area contributed by atoms with Crippen LogP contribution in [0.4, 0.5) is 13.2 Å². The highest BCUT2D eigenvalue weighted by atomic mass is 79.9. The molecule has 0 atom stereocenters. The molecule has 0 spiro atoms. The summed E-state index contributed by atoms with van der Waals surface area (Å²) in [6, 6.07) is 3.99. The monoisotopic (exact) mass is 353 g/mol. The van der Waals surface area contributed by atoms with Crippen molar-refractivity contribution in [2.24, 2.45) is 0 Å². The molecular weight excluding hydrogens is 335 g/mol. The number of hydrogen-bond acceptors (Lipinski definition) is 2. The van der Waals surface area contributed by atoms with Gasteiger partial charge in [0.2, 0.25) is 0 Å². The van der Waals surface area contributed by atoms with Crippen molar-refractivity contribution in [3.05, 3.63) is 27.7 Å². The van der Waals surface area contributed by atoms with Gasteiger partial charge in [-0.1, -0.05) is 29.8 Å². The fourth-order valence-corrected chi connectivity index (χ4v) is 2.34. The number of halogens is 4. The highest BCUT2D eigenvalue weighted by Gasteiger charge is 2.27. The van der Waals surface area contributed by atoms with Gasteiger partial charge < -0.3 is 10.1 Å². The molecule has 0 aromatic heterocycles. The first kappa shape index (κ1) is 17.3. The molecular formula is C14H19BrF3NO. The number of alkyl halides is 3. The van der Waals surface area contributed by atoms with Crippen LogP contribution in [0.2, 0.25) is 0 Å². The van der Waals surface area contributed by atoms with E-state index in [0.717, 1.165) is 15.6 Å². The van der Waals surface area contributed by atoms with E-state index in [1.54, 1.807) is 0 Å². The van der Waals surface area contributed by atoms with Crippen molar-refractivity contribution < 1.29 is 17.9 Å². The number of benzene rings is 1. The minimum Gasteiger partial charge on any atom is -0.493 e. The molecule has 20 heavy (non-hydrogen) atoms. The van der Waals surface area contributed by atoms with Crippen molar-refractivity contribution in [1.29, 1.82) is 0 Å². The molecule has 0 aliphatic heterocycles. The maximum absolute atomic E-state index is 12.2. The Morgan fingerprint density at radius 3 is 2.50 bits per heavy atom. The highest BCUT2D eigenvalue weighted by Crippen LogP contribution is 2.29. The summed E-state index contributed by atoms with van der Waals surface area (Å²) in [5.74, 6) is 0.533. The van der Waals surface area contributed by atoms with Crippen LogP contribution in [0.1, 0.15) is 31.4 Å². The summed E-state index contributed by atoms with van der Waals surface area (Å²) < 4.78 is 42.8. The van der Waals surface area contributed by atoms with Gasteiger partial charge in [-0.05, 0) is 24.6 Å². The van der Waals surface area contributed by atoms with Crippen LogP contribution in [0.3, 0.4) is 0 Å². The van der Waals surface area contributed by atoms with Crippen LogP contribution in [-0.2, 0) is 6.54 Å². The van der Waals surface area contributed by atoms with Gasteiger partial charge in [-0.15, -0.1) is 0 Å². The molecule has 1 N–H and O–H groups in total. The summed E-state index contributed by atoms with van der Waals surface area (Å²) in [4.78, 5) is 0. The fraction of sp³-hybridized carbons (Fsp3) is 0.571. The SMILES string of the molecule is Cc1cc(Br)cc(CNC(C)C)c1OCCC(F)(F)F. The van der Waals surface area contributed by atoms with E-state index in [-0.39, 0.29) is 12.6 Å². The number of hydrogen-bond donors (Lipinski definition) is 1. The van der Waals surface area contributed by atoms with Crippen LogP contribution in [-0.4, -0.2) is 18.8 Å². The number of rotatable bonds is 6. The first-order chi connectivity index (χ1) is 9.19. The van der Waals surface area contributed by atoms with Crippen LogP contribution in [0, 0.1) is 6.92 Å². The van der Waals surface area contributed by atoms with Crippen molar-refractivity contribution in [3.8, 4) is 5.75 Å². The third-order valence-electron chi connectivity index (χ3n) is 2.65. The zero-order valence-electron chi connectivity index (χ0n) is 11.8. The van der Waals surface area contributed by atoms with E-state index in [9.17, 15) is 13.2 Å². The predicted octanol–water partition coefficient (Wildman–Crippen LogP) is 4.59. The summed E-state index contributed by atoms with van der Waals surface area (Å²) in [5, 5.41) is 3.24. The molecule has 1 aromatic carbocycles. The lowest BCUT2D eigenvalue weighted by Crippen LogP contribution is -2.22. The summed E-state index contributed by atoms with van der Waals surface area (Å²) in [7, 11) is 0. The van der Waals surface area contributed by atoms with Gasteiger partial charge in [0.25, 0.3) is 0 Å². The first-order valence-corrected chi connectivity index (χ1v) is 7.20. The zero-order chi connectivity index (χ0) is 15.3. The molecule has 0 radical (unpaired) electrons. The van der Waals surface area contributed by atoms with Crippen molar-refractivity contribution in [3.63, 3.8) is 0 Å². The maximum Gasteiger partial charge on any atom is 0.392 e. The summed E-state index contributed by atoms with van der Waals surface area (Å²) in [6.07, 6.45) is -5.14. The lowest BCUT2D eigenvalue weighted by Gasteiger charge is -2.17. The lowest BCUT2D eigenvalue weighted by molar-refractivity contribution is -0.139. The van der Waals surface area contributed by atoms with E-state index in [2.05, 4.69) is 21.2 Å². The molecule has 0 saturated carbocycles. The molecule has 1 aromatic rings. The Morgan fingerprint density at radius 2 is 1.95 bits per heavy atom. The Labute approximate surface area is 125 Å². The smallest absolute Gasteiger partial charge is 0.392 e. The van der Waals surface area contributed by atoms with Crippen molar-refractivity contribution >= 4 is 15.9 Å². The van der Waals surface area contributed by atoms with Crippen LogP contribution in [0.15, 0.2) is 16.6 Å². The molecule has 0 bridgehead atoms. The van der Waals surface area contributed by atoms with E-state index in [1.165, 1.54) is 0 Å².